The van der Waals surface area contributed by atoms with Gasteiger partial charge in [-0.15, -0.1) is 0 Å². The smallest absolute Gasteiger partial charge is 0.288 e. The number of amides is 1. The van der Waals surface area contributed by atoms with E-state index in [2.05, 4.69) is 0 Å². The maximum atomic E-state index is 10.6. The van der Waals surface area contributed by atoms with Crippen molar-refractivity contribution in [3.63, 3.8) is 0 Å². The number of hydrogen-bond donors (Lipinski definition) is 2. The minimum Gasteiger partial charge on any atom is -0.288 e. The van der Waals surface area contributed by atoms with Crippen molar-refractivity contribution in [2.24, 2.45) is 0 Å². The van der Waals surface area contributed by atoms with E-state index in [1.165, 1.54) is 0 Å². The number of nitrogens with one attached hydrogen (secondary N) is 1. The predicted molar refractivity (Wildman–Crippen MR) is 48.1 cm³/mol. The summed E-state index contributed by atoms with van der Waals surface area (Å²) in [7, 11) is 0. The third-order valence-electron chi connectivity index (χ3n) is 1.30. The van der Waals surface area contributed by atoms with Gasteiger partial charge in [0.25, 0.3) is 0 Å². The second-order valence-corrected chi connectivity index (χ2v) is 3.12. The van der Waals surface area contributed by atoms with Gasteiger partial charge in [-0.25, -0.2) is 5.48 Å². The SMILES string of the molecule is O=C(NO)SCc1ccccc1. The molecule has 0 aromatic heterocycles. The first kappa shape index (κ1) is 9.09. The Morgan fingerprint density at radius 2 is 2.08 bits per heavy atom. The summed E-state index contributed by atoms with van der Waals surface area (Å²) < 4.78 is 0. The lowest BCUT2D eigenvalue weighted by molar-refractivity contribution is 0.180. The van der Waals surface area contributed by atoms with Gasteiger partial charge >= 0.3 is 5.24 Å². The molecule has 1 amide bonds. The highest BCUT2D eigenvalue weighted by Crippen LogP contribution is 2.11. The lowest BCUT2D eigenvalue weighted by Crippen LogP contribution is -2.12. The van der Waals surface area contributed by atoms with E-state index in [-0.39, 0.29) is 0 Å². The van der Waals surface area contributed by atoms with Crippen LogP contribution in [0.4, 0.5) is 4.79 Å². The molecule has 0 aliphatic carbocycles. The molecule has 1 aromatic rings. The largest absolute Gasteiger partial charge is 0.302 e. The number of thioether (sulfide) groups is 1. The Kier molecular flexibility index (Phi) is 3.63. The van der Waals surface area contributed by atoms with E-state index < -0.39 is 5.24 Å². The van der Waals surface area contributed by atoms with Crippen LogP contribution in [0, 0.1) is 0 Å². The van der Waals surface area contributed by atoms with Gasteiger partial charge in [-0.05, 0) is 5.56 Å². The highest BCUT2D eigenvalue weighted by atomic mass is 32.2. The Bertz CT molecular complexity index is 250. The second-order valence-electron chi connectivity index (χ2n) is 2.17. The first-order chi connectivity index (χ1) is 5.83. The molecule has 64 valence electrons. The summed E-state index contributed by atoms with van der Waals surface area (Å²) in [6.45, 7) is 0. The van der Waals surface area contributed by atoms with Gasteiger partial charge in [-0.1, -0.05) is 42.1 Å². The molecule has 0 aliphatic rings. The number of benzene rings is 1. The first-order valence-corrected chi connectivity index (χ1v) is 4.42. The van der Waals surface area contributed by atoms with E-state index >= 15 is 0 Å². The zero-order chi connectivity index (χ0) is 8.81. The molecule has 1 aromatic carbocycles. The standard InChI is InChI=1S/C8H9NO2S/c10-8(9-11)12-6-7-4-2-1-3-5-7/h1-5,11H,6H2,(H,9,10). The topological polar surface area (TPSA) is 49.3 Å². The van der Waals surface area contributed by atoms with E-state index in [1.807, 2.05) is 30.3 Å². The van der Waals surface area contributed by atoms with Crippen LogP contribution < -0.4 is 5.48 Å². The normalized spacial score (nSPS) is 9.42. The second kappa shape index (κ2) is 4.79. The van der Waals surface area contributed by atoms with Gasteiger partial charge in [0.2, 0.25) is 0 Å². The van der Waals surface area contributed by atoms with Crippen LogP contribution >= 0.6 is 11.8 Å². The average Bonchev–Trinajstić information content (AvgIpc) is 2.16. The summed E-state index contributed by atoms with van der Waals surface area (Å²) in [5.41, 5.74) is 2.62. The number of carbonyl (C=O) groups is 1. The van der Waals surface area contributed by atoms with Gasteiger partial charge in [0.1, 0.15) is 0 Å². The fraction of sp³-hybridized carbons (Fsp3) is 0.125. The molecular weight excluding hydrogens is 174 g/mol. The molecule has 1 rings (SSSR count). The maximum Gasteiger partial charge on any atom is 0.302 e. The predicted octanol–water partition coefficient (Wildman–Crippen LogP) is 2.02. The zero-order valence-electron chi connectivity index (χ0n) is 6.36. The molecule has 0 aliphatic heterocycles. The minimum absolute atomic E-state index is 0.432. The van der Waals surface area contributed by atoms with Crippen LogP contribution in [-0.4, -0.2) is 10.4 Å². The molecule has 4 heteroatoms. The van der Waals surface area contributed by atoms with Gasteiger partial charge in [0.15, 0.2) is 0 Å². The van der Waals surface area contributed by atoms with Crippen LogP contribution in [0.15, 0.2) is 30.3 Å². The molecule has 12 heavy (non-hydrogen) atoms. The quantitative estimate of drug-likeness (QED) is 0.544. The number of rotatable bonds is 2. The van der Waals surface area contributed by atoms with Crippen LogP contribution in [0.2, 0.25) is 0 Å². The summed E-state index contributed by atoms with van der Waals surface area (Å²) in [5.74, 6) is 0.577. The van der Waals surface area contributed by atoms with Gasteiger partial charge in [0.05, 0.1) is 0 Å². The molecule has 0 atom stereocenters. The Balaban J connectivity index is 2.38. The van der Waals surface area contributed by atoms with E-state index in [9.17, 15) is 4.79 Å². The maximum absolute atomic E-state index is 10.6. The molecule has 0 bridgehead atoms. The van der Waals surface area contributed by atoms with E-state index in [4.69, 9.17) is 5.21 Å². The van der Waals surface area contributed by atoms with Gasteiger partial charge in [-0.2, -0.15) is 0 Å². The van der Waals surface area contributed by atoms with Crippen molar-refractivity contribution in [1.29, 1.82) is 0 Å². The van der Waals surface area contributed by atoms with Gasteiger partial charge in [0, 0.05) is 5.75 Å². The van der Waals surface area contributed by atoms with Crippen molar-refractivity contribution < 1.29 is 10.0 Å². The number of hydrogen-bond acceptors (Lipinski definition) is 3. The van der Waals surface area contributed by atoms with E-state index in [0.717, 1.165) is 17.3 Å². The lowest BCUT2D eigenvalue weighted by Gasteiger charge is -1.98. The Morgan fingerprint density at radius 3 is 2.67 bits per heavy atom. The minimum atomic E-state index is -0.432. The Hall–Kier alpha value is -1.00. The highest BCUT2D eigenvalue weighted by Gasteiger charge is 1.99. The van der Waals surface area contributed by atoms with Crippen LogP contribution in [0.25, 0.3) is 0 Å². The van der Waals surface area contributed by atoms with Gasteiger partial charge < -0.3 is 0 Å². The summed E-state index contributed by atoms with van der Waals surface area (Å²) in [6.07, 6.45) is 0. The molecule has 0 radical (unpaired) electrons. The van der Waals surface area contributed by atoms with Crippen LogP contribution in [0.5, 0.6) is 0 Å². The Labute approximate surface area is 74.7 Å². The van der Waals surface area contributed by atoms with Crippen molar-refractivity contribution in [3.05, 3.63) is 35.9 Å². The lowest BCUT2D eigenvalue weighted by atomic mass is 10.2. The van der Waals surface area contributed by atoms with Crippen LogP contribution in [0.3, 0.4) is 0 Å². The third-order valence-corrected chi connectivity index (χ3v) is 2.14. The monoisotopic (exact) mass is 183 g/mol. The zero-order valence-corrected chi connectivity index (χ0v) is 7.17. The molecular formula is C8H9NO2S. The molecule has 0 spiro atoms. The summed E-state index contributed by atoms with van der Waals surface area (Å²) in [5, 5.41) is 7.76. The first-order valence-electron chi connectivity index (χ1n) is 3.43. The molecule has 0 saturated carbocycles. The highest BCUT2D eigenvalue weighted by molar-refractivity contribution is 8.12. The Morgan fingerprint density at radius 1 is 1.42 bits per heavy atom. The number of carbonyl (C=O) groups excluding carboxylic acids is 1. The van der Waals surface area contributed by atoms with Crippen molar-refractivity contribution in [3.8, 4) is 0 Å². The third kappa shape index (κ3) is 2.94. The fourth-order valence-electron chi connectivity index (χ4n) is 0.755. The van der Waals surface area contributed by atoms with Gasteiger partial charge in [-0.3, -0.25) is 10.0 Å². The molecule has 2 N–H and O–H groups in total. The van der Waals surface area contributed by atoms with Crippen molar-refractivity contribution in [2.45, 2.75) is 5.75 Å². The summed E-state index contributed by atoms with van der Waals surface area (Å²) in [4.78, 5) is 10.6. The van der Waals surface area contributed by atoms with Crippen molar-refractivity contribution >= 4 is 17.0 Å². The summed E-state index contributed by atoms with van der Waals surface area (Å²) >= 11 is 1.03. The van der Waals surface area contributed by atoms with Crippen LogP contribution in [-0.2, 0) is 5.75 Å². The number of hydroxylamine groups is 1. The molecule has 0 fully saturated rings. The van der Waals surface area contributed by atoms with Crippen molar-refractivity contribution in [2.75, 3.05) is 0 Å². The van der Waals surface area contributed by atoms with Crippen LogP contribution in [0.1, 0.15) is 5.56 Å². The molecule has 0 unspecified atom stereocenters. The summed E-state index contributed by atoms with van der Waals surface area (Å²) in [6, 6.07) is 9.59. The average molecular weight is 183 g/mol. The molecule has 0 saturated heterocycles. The van der Waals surface area contributed by atoms with Crippen molar-refractivity contribution in [1.82, 2.24) is 5.48 Å². The van der Waals surface area contributed by atoms with E-state index in [0.29, 0.717) is 5.75 Å². The molecule has 3 nitrogen and oxygen atoms in total. The fourth-order valence-corrected chi connectivity index (χ4v) is 1.31. The van der Waals surface area contributed by atoms with E-state index in [1.54, 1.807) is 5.48 Å². The molecule has 0 heterocycles.